The molecule has 6 heteroatoms. The number of aliphatic hydroxyl groups excluding tert-OH is 2. The van der Waals surface area contributed by atoms with E-state index in [4.69, 9.17) is 4.74 Å². The van der Waals surface area contributed by atoms with E-state index in [1.54, 1.807) is 6.08 Å². The molecule has 1 aliphatic rings. The van der Waals surface area contributed by atoms with Gasteiger partial charge < -0.3 is 19.7 Å². The highest BCUT2D eigenvalue weighted by Crippen LogP contribution is 2.39. The van der Waals surface area contributed by atoms with Gasteiger partial charge in [-0.05, 0) is 42.4 Å². The Bertz CT molecular complexity index is 739. The molecule has 0 spiro atoms. The van der Waals surface area contributed by atoms with Gasteiger partial charge in [-0.25, -0.2) is 0 Å². The molecule has 6 nitrogen and oxygen atoms in total. The van der Waals surface area contributed by atoms with Crippen LogP contribution in [0.4, 0.5) is 0 Å². The second kappa shape index (κ2) is 9.85. The summed E-state index contributed by atoms with van der Waals surface area (Å²) in [4.78, 5) is 22.8. The van der Waals surface area contributed by atoms with Crippen LogP contribution in [-0.2, 0) is 25.5 Å². The van der Waals surface area contributed by atoms with E-state index in [1.165, 1.54) is 14.0 Å². The summed E-state index contributed by atoms with van der Waals surface area (Å²) in [6, 6.07) is 4.10. The topological polar surface area (TPSA) is 93.1 Å². The minimum atomic E-state index is -0.979. The zero-order valence-corrected chi connectivity index (χ0v) is 17.0. The highest BCUT2D eigenvalue weighted by molar-refractivity contribution is 5.69. The fourth-order valence-corrected chi connectivity index (χ4v) is 3.74. The summed E-state index contributed by atoms with van der Waals surface area (Å²) < 4.78 is 10.1. The highest BCUT2D eigenvalue weighted by atomic mass is 16.5. The number of carbonyl (C=O) groups excluding carboxylic acids is 2. The zero-order chi connectivity index (χ0) is 20.8. The number of aryl methyl sites for hydroxylation is 1. The van der Waals surface area contributed by atoms with E-state index in [2.05, 4.69) is 17.7 Å². The summed E-state index contributed by atoms with van der Waals surface area (Å²) in [5.41, 5.74) is 4.09. The monoisotopic (exact) mass is 390 g/mol. The van der Waals surface area contributed by atoms with Crippen molar-refractivity contribution in [2.24, 2.45) is 5.92 Å². The van der Waals surface area contributed by atoms with Crippen molar-refractivity contribution in [3.8, 4) is 0 Å². The third-order valence-corrected chi connectivity index (χ3v) is 5.04. The third-order valence-electron chi connectivity index (χ3n) is 5.04. The first-order chi connectivity index (χ1) is 13.2. The van der Waals surface area contributed by atoms with E-state index in [9.17, 15) is 19.8 Å². The lowest BCUT2D eigenvalue weighted by Gasteiger charge is -2.31. The Balaban J connectivity index is 2.23. The van der Waals surface area contributed by atoms with Crippen LogP contribution in [0.15, 0.2) is 18.2 Å². The number of aliphatic hydroxyl groups is 2. The Hall–Kier alpha value is -2.18. The summed E-state index contributed by atoms with van der Waals surface area (Å²) >= 11 is 0. The smallest absolute Gasteiger partial charge is 0.308 e. The molecule has 0 heterocycles. The van der Waals surface area contributed by atoms with Crippen molar-refractivity contribution >= 4 is 18.0 Å². The van der Waals surface area contributed by atoms with Crippen molar-refractivity contribution in [2.45, 2.75) is 64.8 Å². The van der Waals surface area contributed by atoms with Gasteiger partial charge in [0.05, 0.1) is 25.7 Å². The van der Waals surface area contributed by atoms with Gasteiger partial charge in [-0.1, -0.05) is 31.2 Å². The van der Waals surface area contributed by atoms with E-state index >= 15 is 0 Å². The first kappa shape index (κ1) is 22.1. The van der Waals surface area contributed by atoms with Gasteiger partial charge >= 0.3 is 11.9 Å². The van der Waals surface area contributed by atoms with E-state index in [0.717, 1.165) is 35.1 Å². The molecule has 0 saturated heterocycles. The van der Waals surface area contributed by atoms with Gasteiger partial charge in [-0.3, -0.25) is 9.59 Å². The van der Waals surface area contributed by atoms with E-state index in [0.29, 0.717) is 5.92 Å². The number of rotatable bonds is 7. The molecule has 0 aromatic heterocycles. The van der Waals surface area contributed by atoms with Crippen LogP contribution in [-0.4, -0.2) is 41.5 Å². The minimum Gasteiger partial charge on any atom is -0.469 e. The van der Waals surface area contributed by atoms with Crippen LogP contribution in [0.3, 0.4) is 0 Å². The van der Waals surface area contributed by atoms with Gasteiger partial charge in [0.25, 0.3) is 0 Å². The van der Waals surface area contributed by atoms with Crippen molar-refractivity contribution in [2.75, 3.05) is 7.11 Å². The molecule has 1 aromatic carbocycles. The molecule has 28 heavy (non-hydrogen) atoms. The minimum absolute atomic E-state index is 0.0318. The van der Waals surface area contributed by atoms with Gasteiger partial charge in [-0.15, -0.1) is 0 Å². The Labute approximate surface area is 166 Å². The standard InChI is InChI=1S/C22H30O6/c1-13-9-16-6-5-14(2)19(22(16)20(10-13)28-15(3)23)8-7-17(24)11-18(25)12-21(26)27-4/h5-8,13,17-18,20,24-25H,9-12H2,1-4H3/b8-7+/t13-,17+,18+,20+/m0/s1. The summed E-state index contributed by atoms with van der Waals surface area (Å²) in [6.07, 6.45) is 2.76. The molecule has 4 atom stereocenters. The molecule has 0 radical (unpaired) electrons. The number of fused-ring (bicyclic) bond motifs is 1. The average molecular weight is 390 g/mol. The number of ether oxygens (including phenoxy) is 2. The Morgan fingerprint density at radius 1 is 1.32 bits per heavy atom. The fraction of sp³-hybridized carbons (Fsp3) is 0.545. The van der Waals surface area contributed by atoms with E-state index in [1.807, 2.05) is 19.1 Å². The largest absolute Gasteiger partial charge is 0.469 e. The third kappa shape index (κ3) is 5.91. The van der Waals surface area contributed by atoms with Gasteiger partial charge in [0.1, 0.15) is 6.10 Å². The molecule has 0 aliphatic heterocycles. The van der Waals surface area contributed by atoms with Gasteiger partial charge in [0.15, 0.2) is 0 Å². The van der Waals surface area contributed by atoms with Crippen LogP contribution in [0.2, 0.25) is 0 Å². The highest BCUT2D eigenvalue weighted by Gasteiger charge is 2.29. The Morgan fingerprint density at radius 2 is 2.04 bits per heavy atom. The predicted octanol–water partition coefficient (Wildman–Crippen LogP) is 2.87. The molecule has 0 fully saturated rings. The number of methoxy groups -OCH3 is 1. The first-order valence-electron chi connectivity index (χ1n) is 9.62. The van der Waals surface area contributed by atoms with Crippen molar-refractivity contribution in [1.29, 1.82) is 0 Å². The molecule has 154 valence electrons. The number of hydrogen-bond donors (Lipinski definition) is 2. The summed E-state index contributed by atoms with van der Waals surface area (Å²) in [5, 5.41) is 20.1. The van der Waals surface area contributed by atoms with Crippen LogP contribution < -0.4 is 0 Å². The molecular formula is C22H30O6. The lowest BCUT2D eigenvalue weighted by molar-refractivity contribution is -0.148. The lowest BCUT2D eigenvalue weighted by Crippen LogP contribution is -2.22. The SMILES string of the molecule is COC(=O)C[C@H](O)C[C@H](O)/C=C/c1c(C)ccc2c1[C@H](OC(C)=O)C[C@@H](C)C2. The maximum Gasteiger partial charge on any atom is 0.308 e. The number of esters is 2. The maximum absolute atomic E-state index is 11.6. The zero-order valence-electron chi connectivity index (χ0n) is 17.0. The number of hydrogen-bond acceptors (Lipinski definition) is 6. The van der Waals surface area contributed by atoms with Crippen molar-refractivity contribution in [3.63, 3.8) is 0 Å². The normalized spacial score (nSPS) is 21.1. The summed E-state index contributed by atoms with van der Waals surface area (Å²) in [5.74, 6) is -0.419. The van der Waals surface area contributed by atoms with Crippen LogP contribution in [0.25, 0.3) is 6.08 Å². The molecule has 1 aliphatic carbocycles. The van der Waals surface area contributed by atoms with E-state index in [-0.39, 0.29) is 24.9 Å². The van der Waals surface area contributed by atoms with Crippen molar-refractivity contribution < 1.29 is 29.3 Å². The molecule has 0 amide bonds. The Kier molecular flexibility index (Phi) is 7.78. The van der Waals surface area contributed by atoms with Crippen molar-refractivity contribution in [1.82, 2.24) is 0 Å². The van der Waals surface area contributed by atoms with E-state index < -0.39 is 18.2 Å². The quantitative estimate of drug-likeness (QED) is 0.696. The predicted molar refractivity (Wildman–Crippen MR) is 105 cm³/mol. The average Bonchev–Trinajstić information content (AvgIpc) is 2.60. The molecule has 2 N–H and O–H groups in total. The van der Waals surface area contributed by atoms with Crippen LogP contribution >= 0.6 is 0 Å². The molecular weight excluding hydrogens is 360 g/mol. The van der Waals surface area contributed by atoms with Gasteiger partial charge in [0.2, 0.25) is 0 Å². The van der Waals surface area contributed by atoms with Crippen LogP contribution in [0.1, 0.15) is 61.5 Å². The maximum atomic E-state index is 11.6. The second-order valence-electron chi connectivity index (χ2n) is 7.61. The second-order valence-corrected chi connectivity index (χ2v) is 7.61. The summed E-state index contributed by atoms with van der Waals surface area (Å²) in [7, 11) is 1.26. The molecule has 0 bridgehead atoms. The van der Waals surface area contributed by atoms with Crippen LogP contribution in [0.5, 0.6) is 0 Å². The van der Waals surface area contributed by atoms with Gasteiger partial charge in [0, 0.05) is 18.9 Å². The van der Waals surface area contributed by atoms with Gasteiger partial charge in [-0.2, -0.15) is 0 Å². The Morgan fingerprint density at radius 3 is 2.68 bits per heavy atom. The molecule has 0 unspecified atom stereocenters. The number of carbonyl (C=O) groups is 2. The molecule has 0 saturated carbocycles. The lowest BCUT2D eigenvalue weighted by atomic mass is 9.79. The van der Waals surface area contributed by atoms with Crippen molar-refractivity contribution in [3.05, 3.63) is 40.5 Å². The molecule has 1 aromatic rings. The van der Waals surface area contributed by atoms with Crippen LogP contribution in [0, 0.1) is 12.8 Å². The first-order valence-corrected chi connectivity index (χ1v) is 9.62. The summed E-state index contributed by atoms with van der Waals surface area (Å²) in [6.45, 7) is 5.53. The number of benzene rings is 1. The molecule has 2 rings (SSSR count). The fourth-order valence-electron chi connectivity index (χ4n) is 3.74.